The van der Waals surface area contributed by atoms with Gasteiger partial charge in [0.25, 0.3) is 11.7 Å². The molecular formula is C26H26N2O4. The zero-order valence-electron chi connectivity index (χ0n) is 18.6. The van der Waals surface area contributed by atoms with Gasteiger partial charge in [-0.2, -0.15) is 0 Å². The van der Waals surface area contributed by atoms with Crippen LogP contribution in [0.25, 0.3) is 5.76 Å². The largest absolute Gasteiger partial charge is 0.507 e. The Kier molecular flexibility index (Phi) is 5.46. The Bertz CT molecular complexity index is 1190. The lowest BCUT2D eigenvalue weighted by atomic mass is 9.84. The maximum absolute atomic E-state index is 13.2. The normalized spacial score (nSPS) is 18.4. The third-order valence-electron chi connectivity index (χ3n) is 5.79. The second-order valence-electron chi connectivity index (χ2n) is 9.08. The number of hydrogen-bond donors (Lipinski definition) is 1. The van der Waals surface area contributed by atoms with Crippen LogP contribution in [0.2, 0.25) is 0 Å². The maximum Gasteiger partial charge on any atom is 0.296 e. The van der Waals surface area contributed by atoms with Crippen LogP contribution in [0.5, 0.6) is 0 Å². The van der Waals surface area contributed by atoms with E-state index >= 15 is 0 Å². The molecule has 1 amide bonds. The number of aromatic nitrogens is 1. The first-order chi connectivity index (χ1) is 15.2. The van der Waals surface area contributed by atoms with Crippen molar-refractivity contribution in [1.29, 1.82) is 0 Å². The van der Waals surface area contributed by atoms with E-state index in [1.54, 1.807) is 30.6 Å². The van der Waals surface area contributed by atoms with Crippen molar-refractivity contribution in [1.82, 2.24) is 9.88 Å². The van der Waals surface area contributed by atoms with Gasteiger partial charge in [-0.1, -0.05) is 39.0 Å². The predicted molar refractivity (Wildman–Crippen MR) is 121 cm³/mol. The third kappa shape index (κ3) is 3.84. The Morgan fingerprint density at radius 3 is 2.56 bits per heavy atom. The van der Waals surface area contributed by atoms with Gasteiger partial charge in [-0.25, -0.2) is 0 Å². The average molecular weight is 431 g/mol. The van der Waals surface area contributed by atoms with Crippen LogP contribution >= 0.6 is 0 Å². The summed E-state index contributed by atoms with van der Waals surface area (Å²) in [6.07, 6.45) is 4.78. The Labute approximate surface area is 187 Å². The van der Waals surface area contributed by atoms with E-state index in [9.17, 15) is 14.7 Å². The molecule has 0 spiro atoms. The number of likely N-dealkylation sites (tertiary alicyclic amines) is 1. The molecule has 164 valence electrons. The predicted octanol–water partition coefficient (Wildman–Crippen LogP) is 4.90. The van der Waals surface area contributed by atoms with E-state index in [1.165, 1.54) is 11.2 Å². The first-order valence-corrected chi connectivity index (χ1v) is 10.5. The Morgan fingerprint density at radius 2 is 1.94 bits per heavy atom. The lowest BCUT2D eigenvalue weighted by molar-refractivity contribution is -0.140. The Hall–Kier alpha value is -3.67. The molecule has 0 radical (unpaired) electrons. The molecule has 0 saturated carbocycles. The van der Waals surface area contributed by atoms with Crippen LogP contribution in [-0.4, -0.2) is 26.7 Å². The highest BCUT2D eigenvalue weighted by Crippen LogP contribution is 2.41. The van der Waals surface area contributed by atoms with Crippen LogP contribution < -0.4 is 0 Å². The molecule has 1 aromatic carbocycles. The summed E-state index contributed by atoms with van der Waals surface area (Å²) in [4.78, 5) is 31.7. The minimum atomic E-state index is -0.831. The number of carbonyl (C=O) groups excluding carboxylic acids is 2. The minimum Gasteiger partial charge on any atom is -0.507 e. The molecule has 1 unspecified atom stereocenters. The number of furan rings is 1. The SMILES string of the molecule is Cc1ccc(C(C)(C)C)cc1/C(O)=C1\C(=O)C(=O)N(Cc2cccnc2)C1c1ccco1. The lowest BCUT2D eigenvalue weighted by Crippen LogP contribution is -2.29. The molecule has 1 saturated heterocycles. The monoisotopic (exact) mass is 430 g/mol. The van der Waals surface area contributed by atoms with Gasteiger partial charge in [0.05, 0.1) is 11.8 Å². The van der Waals surface area contributed by atoms with Crippen molar-refractivity contribution < 1.29 is 19.1 Å². The van der Waals surface area contributed by atoms with E-state index in [0.29, 0.717) is 11.3 Å². The van der Waals surface area contributed by atoms with E-state index in [4.69, 9.17) is 4.42 Å². The fourth-order valence-electron chi connectivity index (χ4n) is 3.96. The topological polar surface area (TPSA) is 83.6 Å². The minimum absolute atomic E-state index is 0.0306. The van der Waals surface area contributed by atoms with Gasteiger partial charge in [0.1, 0.15) is 17.6 Å². The number of hydrogen-bond acceptors (Lipinski definition) is 5. The van der Waals surface area contributed by atoms with Crippen LogP contribution in [0.4, 0.5) is 0 Å². The van der Waals surface area contributed by atoms with Gasteiger partial charge >= 0.3 is 0 Å². The molecule has 2 aromatic heterocycles. The van der Waals surface area contributed by atoms with Crippen LogP contribution in [0.15, 0.2) is 71.1 Å². The second-order valence-corrected chi connectivity index (χ2v) is 9.08. The zero-order chi connectivity index (χ0) is 23.0. The number of aliphatic hydroxyl groups excluding tert-OH is 1. The molecule has 3 aromatic rings. The van der Waals surface area contributed by atoms with Crippen molar-refractivity contribution in [2.45, 2.75) is 45.7 Å². The number of ketones is 1. The van der Waals surface area contributed by atoms with Gasteiger partial charge in [-0.05, 0) is 53.3 Å². The molecule has 4 rings (SSSR count). The van der Waals surface area contributed by atoms with Gasteiger partial charge < -0.3 is 14.4 Å². The summed E-state index contributed by atoms with van der Waals surface area (Å²) in [5.74, 6) is -1.18. The van der Waals surface area contributed by atoms with Gasteiger partial charge in [-0.15, -0.1) is 0 Å². The number of carbonyl (C=O) groups is 2. The maximum atomic E-state index is 13.2. The molecule has 1 atom stereocenters. The number of aryl methyl sites for hydroxylation is 1. The van der Waals surface area contributed by atoms with E-state index in [1.807, 2.05) is 31.2 Å². The molecule has 0 bridgehead atoms. The summed E-state index contributed by atoms with van der Waals surface area (Å²) in [6.45, 7) is 8.28. The summed E-state index contributed by atoms with van der Waals surface area (Å²) in [7, 11) is 0. The van der Waals surface area contributed by atoms with Crippen molar-refractivity contribution in [3.05, 3.63) is 94.7 Å². The molecule has 32 heavy (non-hydrogen) atoms. The van der Waals surface area contributed by atoms with Crippen molar-refractivity contribution in [3.63, 3.8) is 0 Å². The summed E-state index contributed by atoms with van der Waals surface area (Å²) < 4.78 is 5.60. The first kappa shape index (κ1) is 21.6. The molecule has 1 N–H and O–H groups in total. The third-order valence-corrected chi connectivity index (χ3v) is 5.79. The fourth-order valence-corrected chi connectivity index (χ4v) is 3.96. The van der Waals surface area contributed by atoms with E-state index in [0.717, 1.165) is 16.7 Å². The summed E-state index contributed by atoms with van der Waals surface area (Å²) in [5.41, 5.74) is 3.03. The van der Waals surface area contributed by atoms with Crippen LogP contribution in [-0.2, 0) is 21.5 Å². The van der Waals surface area contributed by atoms with Crippen LogP contribution in [0, 0.1) is 6.92 Å². The molecule has 1 aliphatic heterocycles. The molecule has 6 heteroatoms. The number of pyridine rings is 1. The van der Waals surface area contributed by atoms with Crippen LogP contribution in [0.3, 0.4) is 0 Å². The zero-order valence-corrected chi connectivity index (χ0v) is 18.6. The van der Waals surface area contributed by atoms with E-state index < -0.39 is 17.7 Å². The molecule has 3 heterocycles. The van der Waals surface area contributed by atoms with Gasteiger partial charge in [0, 0.05) is 24.5 Å². The Balaban J connectivity index is 1.87. The molecule has 1 aliphatic rings. The number of amides is 1. The van der Waals surface area contributed by atoms with Gasteiger partial charge in [0.15, 0.2) is 0 Å². The highest BCUT2D eigenvalue weighted by molar-refractivity contribution is 6.46. The van der Waals surface area contributed by atoms with Crippen molar-refractivity contribution in [2.24, 2.45) is 0 Å². The van der Waals surface area contributed by atoms with E-state index in [-0.39, 0.29) is 23.3 Å². The van der Waals surface area contributed by atoms with Crippen LogP contribution in [0.1, 0.15) is 54.8 Å². The highest BCUT2D eigenvalue weighted by atomic mass is 16.3. The number of Topliss-reactive ketones (excluding diaryl/α,β-unsaturated/α-hetero) is 1. The van der Waals surface area contributed by atoms with Crippen molar-refractivity contribution >= 4 is 17.4 Å². The van der Waals surface area contributed by atoms with Gasteiger partial charge in [0.2, 0.25) is 0 Å². The average Bonchev–Trinajstić information content (AvgIpc) is 3.36. The molecular weight excluding hydrogens is 404 g/mol. The first-order valence-electron chi connectivity index (χ1n) is 10.5. The van der Waals surface area contributed by atoms with E-state index in [2.05, 4.69) is 25.8 Å². The molecule has 1 fully saturated rings. The van der Waals surface area contributed by atoms with Crippen molar-refractivity contribution in [2.75, 3.05) is 0 Å². The lowest BCUT2D eigenvalue weighted by Gasteiger charge is -2.24. The number of nitrogens with zero attached hydrogens (tertiary/aromatic N) is 2. The smallest absolute Gasteiger partial charge is 0.296 e. The summed E-state index contributed by atoms with van der Waals surface area (Å²) in [5, 5.41) is 11.4. The van der Waals surface area contributed by atoms with Crippen molar-refractivity contribution in [3.8, 4) is 0 Å². The summed E-state index contributed by atoms with van der Waals surface area (Å²) in [6, 6.07) is 12.0. The summed E-state index contributed by atoms with van der Waals surface area (Å²) >= 11 is 0. The number of rotatable bonds is 4. The standard InChI is InChI=1S/C26H26N2O4/c1-16-9-10-18(26(2,3)4)13-19(16)23(29)21-22(20-8-6-12-32-20)28(25(31)24(21)30)15-17-7-5-11-27-14-17/h5-14,22,29H,15H2,1-4H3/b23-21+. The molecule has 6 nitrogen and oxygen atoms in total. The highest BCUT2D eigenvalue weighted by Gasteiger charge is 2.47. The quantitative estimate of drug-likeness (QED) is 0.361. The fraction of sp³-hybridized carbons (Fsp3) is 0.269. The number of benzene rings is 1. The Morgan fingerprint density at radius 1 is 1.16 bits per heavy atom. The number of aliphatic hydroxyl groups is 1. The molecule has 0 aliphatic carbocycles. The van der Waals surface area contributed by atoms with Gasteiger partial charge in [-0.3, -0.25) is 14.6 Å². The second kappa shape index (κ2) is 8.11.